The molecule has 3 aromatic rings. The number of aryl methyl sites for hydroxylation is 1. The number of aromatic nitrogens is 2. The van der Waals surface area contributed by atoms with Crippen molar-refractivity contribution in [3.05, 3.63) is 74.3 Å². The second-order valence-electron chi connectivity index (χ2n) is 7.77. The molecule has 1 aromatic heterocycles. The number of halogens is 2. The first-order valence-electron chi connectivity index (χ1n) is 9.97. The minimum atomic E-state index is -4.09. The van der Waals surface area contributed by atoms with Crippen LogP contribution in [-0.2, 0) is 10.0 Å². The standard InChI is InChI=1S/C21H22ClFN4O4S/c1-11-4-6-15(23)18(12(11)2)13(3)19(20-25-26-21(28)31-20)27-9-8-24-16-10-14(22)5-7-17(16)32(27,29)30/h4-7,10,13,19,24H,8-9H2,1-3H3,(H,26,28)/t13-,19+/m1/s1. The van der Waals surface area contributed by atoms with Crippen LogP contribution >= 0.6 is 11.6 Å². The monoisotopic (exact) mass is 480 g/mol. The van der Waals surface area contributed by atoms with Gasteiger partial charge in [-0.3, -0.25) is 0 Å². The molecule has 2 heterocycles. The maximum absolute atomic E-state index is 15.0. The van der Waals surface area contributed by atoms with Crippen molar-refractivity contribution >= 4 is 27.3 Å². The number of hydrogen-bond acceptors (Lipinski definition) is 6. The van der Waals surface area contributed by atoms with Crippen LogP contribution in [0, 0.1) is 19.7 Å². The summed E-state index contributed by atoms with van der Waals surface area (Å²) in [5.74, 6) is -2.15. The predicted molar refractivity (Wildman–Crippen MR) is 118 cm³/mol. The molecule has 0 amide bonds. The van der Waals surface area contributed by atoms with Crippen molar-refractivity contribution in [2.24, 2.45) is 0 Å². The highest BCUT2D eigenvalue weighted by Gasteiger charge is 2.42. The van der Waals surface area contributed by atoms with Crippen LogP contribution in [0.4, 0.5) is 10.1 Å². The van der Waals surface area contributed by atoms with Gasteiger partial charge in [0, 0.05) is 24.0 Å². The van der Waals surface area contributed by atoms with Crippen LogP contribution in [0.2, 0.25) is 5.02 Å². The van der Waals surface area contributed by atoms with Crippen LogP contribution < -0.4 is 11.1 Å². The molecule has 2 aromatic carbocycles. The molecule has 2 atom stereocenters. The first-order chi connectivity index (χ1) is 15.1. The normalized spacial score (nSPS) is 17.8. The highest BCUT2D eigenvalue weighted by molar-refractivity contribution is 7.89. The van der Waals surface area contributed by atoms with E-state index >= 15 is 0 Å². The summed E-state index contributed by atoms with van der Waals surface area (Å²) in [6.07, 6.45) is 0. The fourth-order valence-corrected chi connectivity index (χ4v) is 6.15. The Morgan fingerprint density at radius 1 is 1.25 bits per heavy atom. The Kier molecular flexibility index (Phi) is 5.87. The van der Waals surface area contributed by atoms with E-state index in [1.165, 1.54) is 28.6 Å². The Labute approximate surface area is 189 Å². The van der Waals surface area contributed by atoms with Gasteiger partial charge in [0.25, 0.3) is 0 Å². The zero-order valence-electron chi connectivity index (χ0n) is 17.6. The van der Waals surface area contributed by atoms with Gasteiger partial charge < -0.3 is 9.73 Å². The second kappa shape index (κ2) is 8.34. The fourth-order valence-electron chi connectivity index (χ4n) is 4.18. The molecule has 1 aliphatic heterocycles. The molecule has 11 heteroatoms. The van der Waals surface area contributed by atoms with Gasteiger partial charge in [-0.2, -0.15) is 4.31 Å². The smallest absolute Gasteiger partial charge is 0.391 e. The van der Waals surface area contributed by atoms with Crippen molar-refractivity contribution in [2.75, 3.05) is 18.4 Å². The average molecular weight is 481 g/mol. The number of nitrogens with one attached hydrogen (secondary N) is 2. The lowest BCUT2D eigenvalue weighted by Gasteiger charge is -2.32. The third kappa shape index (κ3) is 3.82. The summed E-state index contributed by atoms with van der Waals surface area (Å²) in [4.78, 5) is 11.8. The van der Waals surface area contributed by atoms with Gasteiger partial charge in [-0.05, 0) is 54.8 Å². The summed E-state index contributed by atoms with van der Waals surface area (Å²) in [7, 11) is -4.09. The van der Waals surface area contributed by atoms with Crippen molar-refractivity contribution in [1.82, 2.24) is 14.5 Å². The minimum absolute atomic E-state index is 0.0240. The van der Waals surface area contributed by atoms with Crippen LogP contribution in [0.1, 0.15) is 41.5 Å². The van der Waals surface area contributed by atoms with E-state index in [1.54, 1.807) is 19.9 Å². The first kappa shape index (κ1) is 22.5. The number of aromatic amines is 1. The number of fused-ring (bicyclic) bond motifs is 1. The number of benzene rings is 2. The number of sulfonamides is 1. The Morgan fingerprint density at radius 2 is 2.00 bits per heavy atom. The molecule has 170 valence electrons. The molecule has 2 N–H and O–H groups in total. The molecular weight excluding hydrogens is 459 g/mol. The van der Waals surface area contributed by atoms with Gasteiger partial charge >= 0.3 is 5.76 Å². The van der Waals surface area contributed by atoms with Gasteiger partial charge in [0.2, 0.25) is 15.9 Å². The topological polar surface area (TPSA) is 108 Å². The highest BCUT2D eigenvalue weighted by Crippen LogP contribution is 2.42. The summed E-state index contributed by atoms with van der Waals surface area (Å²) in [6.45, 7) is 5.62. The van der Waals surface area contributed by atoms with Crippen molar-refractivity contribution in [3.8, 4) is 0 Å². The lowest BCUT2D eigenvalue weighted by molar-refractivity contribution is 0.246. The molecule has 0 saturated heterocycles. The van der Waals surface area contributed by atoms with Gasteiger partial charge in [0.15, 0.2) is 0 Å². The number of anilines is 1. The predicted octanol–water partition coefficient (Wildman–Crippen LogP) is 3.73. The third-order valence-corrected chi connectivity index (χ3v) is 8.03. The average Bonchev–Trinajstić information content (AvgIpc) is 3.10. The van der Waals surface area contributed by atoms with Crippen molar-refractivity contribution in [1.29, 1.82) is 0 Å². The first-order valence-corrected chi connectivity index (χ1v) is 11.8. The lowest BCUT2D eigenvalue weighted by atomic mass is 9.87. The molecule has 0 saturated carbocycles. The fraction of sp³-hybridized carbons (Fsp3) is 0.333. The molecule has 0 unspecified atom stereocenters. The number of H-pyrrole nitrogens is 1. The largest absolute Gasteiger partial charge is 0.434 e. The maximum atomic E-state index is 15.0. The molecule has 8 nitrogen and oxygen atoms in total. The zero-order valence-corrected chi connectivity index (χ0v) is 19.2. The summed E-state index contributed by atoms with van der Waals surface area (Å²) < 4.78 is 48.8. The quantitative estimate of drug-likeness (QED) is 0.589. The van der Waals surface area contributed by atoms with Crippen LogP contribution in [-0.4, -0.2) is 36.0 Å². The van der Waals surface area contributed by atoms with Gasteiger partial charge in [-0.1, -0.05) is 24.6 Å². The lowest BCUT2D eigenvalue weighted by Crippen LogP contribution is -2.39. The van der Waals surface area contributed by atoms with Crippen molar-refractivity contribution < 1.29 is 17.2 Å². The van der Waals surface area contributed by atoms with Crippen LogP contribution in [0.25, 0.3) is 0 Å². The number of nitrogens with zero attached hydrogens (tertiary/aromatic N) is 2. The van der Waals surface area contributed by atoms with Crippen LogP contribution in [0.3, 0.4) is 0 Å². The molecule has 4 rings (SSSR count). The minimum Gasteiger partial charge on any atom is -0.391 e. The van der Waals surface area contributed by atoms with Gasteiger partial charge in [0.1, 0.15) is 16.8 Å². The van der Waals surface area contributed by atoms with E-state index < -0.39 is 33.6 Å². The molecular formula is C21H22ClFN4O4S. The molecule has 0 spiro atoms. The number of rotatable bonds is 4. The van der Waals surface area contributed by atoms with E-state index in [4.69, 9.17) is 16.0 Å². The van der Waals surface area contributed by atoms with Gasteiger partial charge in [0.05, 0.1) is 5.69 Å². The summed E-state index contributed by atoms with van der Waals surface area (Å²) in [6, 6.07) is 6.38. The second-order valence-corrected chi connectivity index (χ2v) is 10.1. The van der Waals surface area contributed by atoms with E-state index in [2.05, 4.69) is 15.5 Å². The van der Waals surface area contributed by atoms with Gasteiger partial charge in [-0.25, -0.2) is 22.7 Å². The molecule has 1 aliphatic rings. The van der Waals surface area contributed by atoms with E-state index in [1.807, 2.05) is 6.92 Å². The van der Waals surface area contributed by atoms with Crippen molar-refractivity contribution in [3.63, 3.8) is 0 Å². The van der Waals surface area contributed by atoms with E-state index in [-0.39, 0.29) is 23.9 Å². The van der Waals surface area contributed by atoms with E-state index in [0.29, 0.717) is 21.8 Å². The van der Waals surface area contributed by atoms with E-state index in [0.717, 1.165) is 5.56 Å². The Hall–Kier alpha value is -2.69. The maximum Gasteiger partial charge on any atom is 0.434 e. The molecule has 0 radical (unpaired) electrons. The molecule has 0 bridgehead atoms. The number of hydrogen-bond donors (Lipinski definition) is 2. The molecule has 32 heavy (non-hydrogen) atoms. The third-order valence-electron chi connectivity index (χ3n) is 5.86. The summed E-state index contributed by atoms with van der Waals surface area (Å²) in [5, 5.41) is 9.56. The van der Waals surface area contributed by atoms with E-state index in [9.17, 15) is 17.6 Å². The molecule has 0 aliphatic carbocycles. The highest BCUT2D eigenvalue weighted by atomic mass is 35.5. The Balaban J connectivity index is 1.91. The van der Waals surface area contributed by atoms with Crippen LogP contribution in [0.15, 0.2) is 44.4 Å². The molecule has 0 fully saturated rings. The van der Waals surface area contributed by atoms with Crippen LogP contribution in [0.5, 0.6) is 0 Å². The Morgan fingerprint density at radius 3 is 2.69 bits per heavy atom. The Bertz CT molecular complexity index is 1340. The van der Waals surface area contributed by atoms with Gasteiger partial charge in [-0.15, -0.1) is 5.10 Å². The summed E-state index contributed by atoms with van der Waals surface area (Å²) in [5.41, 5.74) is 2.26. The SMILES string of the molecule is Cc1ccc(F)c([C@@H](C)[C@@H](c2n[nH]c(=O)o2)N2CCNc3cc(Cl)ccc3S2(=O)=O)c1C. The zero-order chi connectivity index (χ0) is 23.2. The van der Waals surface area contributed by atoms with Crippen molar-refractivity contribution in [2.45, 2.75) is 37.6 Å². The summed E-state index contributed by atoms with van der Waals surface area (Å²) >= 11 is 6.05.